The van der Waals surface area contributed by atoms with Crippen LogP contribution in [-0.4, -0.2) is 18.0 Å². The quantitative estimate of drug-likeness (QED) is 0.670. The van der Waals surface area contributed by atoms with E-state index in [1.54, 1.807) is 31.5 Å². The first kappa shape index (κ1) is 18.5. The van der Waals surface area contributed by atoms with Crippen molar-refractivity contribution in [3.05, 3.63) is 77.1 Å². The molecule has 1 heterocycles. The number of nitrogens with one attached hydrogen (secondary N) is 2. The molecule has 0 radical (unpaired) electrons. The Labute approximate surface area is 159 Å². The molecule has 2 aromatic carbocycles. The van der Waals surface area contributed by atoms with E-state index in [9.17, 15) is 4.79 Å². The van der Waals surface area contributed by atoms with E-state index >= 15 is 0 Å². The topological polar surface area (TPSA) is 63.2 Å². The Morgan fingerprint density at radius 1 is 1.00 bits per heavy atom. The maximum atomic E-state index is 12.6. The second-order valence-corrected chi connectivity index (χ2v) is 6.48. The molecular weight excluding hydrogens is 338 g/mol. The highest BCUT2D eigenvalue weighted by Crippen LogP contribution is 2.27. The van der Waals surface area contributed by atoms with E-state index in [0.717, 1.165) is 22.5 Å². The molecule has 1 aromatic heterocycles. The van der Waals surface area contributed by atoms with Crippen LogP contribution < -0.4 is 15.4 Å². The van der Waals surface area contributed by atoms with Crippen molar-refractivity contribution in [2.24, 2.45) is 0 Å². The summed E-state index contributed by atoms with van der Waals surface area (Å²) in [6, 6.07) is 15.1. The molecule has 3 rings (SSSR count). The number of carbonyl (C=O) groups excluding carboxylic acids is 1. The summed E-state index contributed by atoms with van der Waals surface area (Å²) < 4.78 is 5.27. The lowest BCUT2D eigenvalue weighted by molar-refractivity contribution is 0.102. The monoisotopic (exact) mass is 361 g/mol. The average molecular weight is 361 g/mol. The van der Waals surface area contributed by atoms with Crippen LogP contribution >= 0.6 is 0 Å². The fourth-order valence-electron chi connectivity index (χ4n) is 3.09. The number of ether oxygens (including phenoxy) is 1. The molecule has 0 saturated heterocycles. The minimum Gasteiger partial charge on any atom is -0.495 e. The summed E-state index contributed by atoms with van der Waals surface area (Å²) >= 11 is 0. The predicted molar refractivity (Wildman–Crippen MR) is 109 cm³/mol. The molecular formula is C22H23N3O2. The summed E-state index contributed by atoms with van der Waals surface area (Å²) in [6.07, 6.45) is 1.62. The van der Waals surface area contributed by atoms with Crippen molar-refractivity contribution in [1.29, 1.82) is 0 Å². The molecule has 2 N–H and O–H groups in total. The van der Waals surface area contributed by atoms with Crippen LogP contribution in [-0.2, 0) is 0 Å². The Balaban J connectivity index is 1.82. The number of benzene rings is 2. The maximum Gasteiger partial charge on any atom is 0.274 e. The summed E-state index contributed by atoms with van der Waals surface area (Å²) in [7, 11) is 1.57. The third-order valence-corrected chi connectivity index (χ3v) is 4.29. The highest BCUT2D eigenvalue weighted by atomic mass is 16.5. The Hall–Kier alpha value is -3.34. The molecule has 3 aromatic rings. The van der Waals surface area contributed by atoms with Gasteiger partial charge in [-0.05, 0) is 56.2 Å². The van der Waals surface area contributed by atoms with Gasteiger partial charge in [-0.25, -0.2) is 0 Å². The predicted octanol–water partition coefficient (Wildman–Crippen LogP) is 5.01. The number of rotatable bonds is 5. The minimum absolute atomic E-state index is 0.291. The SMILES string of the molecule is COc1ccccc1NC(=O)c1cc(Nc2c(C)cc(C)cc2C)ccn1. The third kappa shape index (κ3) is 4.26. The number of anilines is 3. The van der Waals surface area contributed by atoms with Gasteiger partial charge < -0.3 is 15.4 Å². The molecule has 0 saturated carbocycles. The second kappa shape index (κ2) is 7.91. The fraction of sp³-hybridized carbons (Fsp3) is 0.182. The molecule has 27 heavy (non-hydrogen) atoms. The number of hydrogen-bond donors (Lipinski definition) is 2. The highest BCUT2D eigenvalue weighted by Gasteiger charge is 2.12. The van der Waals surface area contributed by atoms with E-state index in [4.69, 9.17) is 4.74 Å². The van der Waals surface area contributed by atoms with E-state index < -0.39 is 0 Å². The molecule has 5 nitrogen and oxygen atoms in total. The van der Waals surface area contributed by atoms with Crippen LogP contribution in [0.25, 0.3) is 0 Å². The summed E-state index contributed by atoms with van der Waals surface area (Å²) in [5.74, 6) is 0.312. The molecule has 5 heteroatoms. The van der Waals surface area contributed by atoms with Crippen molar-refractivity contribution in [3.63, 3.8) is 0 Å². The van der Waals surface area contributed by atoms with Crippen molar-refractivity contribution in [2.45, 2.75) is 20.8 Å². The summed E-state index contributed by atoms with van der Waals surface area (Å²) in [4.78, 5) is 16.8. The molecule has 0 fully saturated rings. The van der Waals surface area contributed by atoms with Crippen molar-refractivity contribution in [1.82, 2.24) is 4.98 Å². The van der Waals surface area contributed by atoms with Crippen molar-refractivity contribution in [3.8, 4) is 5.75 Å². The molecule has 1 amide bonds. The molecule has 0 bridgehead atoms. The number of aromatic nitrogens is 1. The number of nitrogens with zero attached hydrogens (tertiary/aromatic N) is 1. The lowest BCUT2D eigenvalue weighted by Crippen LogP contribution is -2.14. The van der Waals surface area contributed by atoms with Gasteiger partial charge in [0.15, 0.2) is 0 Å². The van der Waals surface area contributed by atoms with Crippen molar-refractivity contribution >= 4 is 23.0 Å². The van der Waals surface area contributed by atoms with Crippen LogP contribution in [0.1, 0.15) is 27.2 Å². The zero-order chi connectivity index (χ0) is 19.4. The summed E-state index contributed by atoms with van der Waals surface area (Å²) in [6.45, 7) is 6.22. The fourth-order valence-corrected chi connectivity index (χ4v) is 3.09. The molecule has 0 aliphatic carbocycles. The number of hydrogen-bond acceptors (Lipinski definition) is 4. The maximum absolute atomic E-state index is 12.6. The number of para-hydroxylation sites is 2. The van der Waals surface area contributed by atoms with Gasteiger partial charge in [0.05, 0.1) is 12.8 Å². The first-order valence-corrected chi connectivity index (χ1v) is 8.73. The molecule has 0 aliphatic heterocycles. The molecule has 0 spiro atoms. The first-order valence-electron chi connectivity index (χ1n) is 8.73. The first-order chi connectivity index (χ1) is 13.0. The summed E-state index contributed by atoms with van der Waals surface area (Å²) in [5.41, 5.74) is 6.33. The van der Waals surface area contributed by atoms with Crippen LogP contribution in [0.2, 0.25) is 0 Å². The Morgan fingerprint density at radius 3 is 2.41 bits per heavy atom. The van der Waals surface area contributed by atoms with Gasteiger partial charge in [-0.15, -0.1) is 0 Å². The second-order valence-electron chi connectivity index (χ2n) is 6.48. The van der Waals surface area contributed by atoms with Gasteiger partial charge >= 0.3 is 0 Å². The molecule has 138 valence electrons. The van der Waals surface area contributed by atoms with Crippen molar-refractivity contribution in [2.75, 3.05) is 17.7 Å². The van der Waals surface area contributed by atoms with Gasteiger partial charge in [-0.3, -0.25) is 9.78 Å². The third-order valence-electron chi connectivity index (χ3n) is 4.29. The Kier molecular flexibility index (Phi) is 5.41. The smallest absolute Gasteiger partial charge is 0.274 e. The van der Waals surface area contributed by atoms with Gasteiger partial charge in [0.25, 0.3) is 5.91 Å². The van der Waals surface area contributed by atoms with E-state index in [1.165, 1.54) is 5.56 Å². The largest absolute Gasteiger partial charge is 0.495 e. The van der Waals surface area contributed by atoms with E-state index in [-0.39, 0.29) is 5.91 Å². The van der Waals surface area contributed by atoms with Crippen LogP contribution in [0, 0.1) is 20.8 Å². The average Bonchev–Trinajstić information content (AvgIpc) is 2.65. The van der Waals surface area contributed by atoms with Crippen LogP contribution in [0.15, 0.2) is 54.7 Å². The van der Waals surface area contributed by atoms with Crippen LogP contribution in [0.5, 0.6) is 5.75 Å². The van der Waals surface area contributed by atoms with E-state index in [2.05, 4.69) is 48.5 Å². The van der Waals surface area contributed by atoms with Gasteiger partial charge in [0, 0.05) is 17.6 Å². The Bertz CT molecular complexity index is 960. The zero-order valence-electron chi connectivity index (χ0n) is 16.0. The van der Waals surface area contributed by atoms with Gasteiger partial charge in [0.1, 0.15) is 11.4 Å². The minimum atomic E-state index is -0.291. The van der Waals surface area contributed by atoms with E-state index in [1.807, 2.05) is 18.2 Å². The zero-order valence-corrected chi connectivity index (χ0v) is 16.0. The van der Waals surface area contributed by atoms with Gasteiger partial charge in [0.2, 0.25) is 0 Å². The lowest BCUT2D eigenvalue weighted by atomic mass is 10.0. The van der Waals surface area contributed by atoms with Gasteiger partial charge in [-0.1, -0.05) is 29.8 Å². The number of carbonyl (C=O) groups is 1. The number of aryl methyl sites for hydroxylation is 3. The molecule has 0 aliphatic rings. The van der Waals surface area contributed by atoms with Crippen molar-refractivity contribution < 1.29 is 9.53 Å². The van der Waals surface area contributed by atoms with Gasteiger partial charge in [-0.2, -0.15) is 0 Å². The number of amides is 1. The van der Waals surface area contributed by atoms with E-state index in [0.29, 0.717) is 17.1 Å². The highest BCUT2D eigenvalue weighted by molar-refractivity contribution is 6.04. The lowest BCUT2D eigenvalue weighted by Gasteiger charge is -2.14. The number of methoxy groups -OCH3 is 1. The number of pyridine rings is 1. The Morgan fingerprint density at radius 2 is 1.70 bits per heavy atom. The standard InChI is InChI=1S/C22H23N3O2/c1-14-11-15(2)21(16(3)12-14)24-17-9-10-23-19(13-17)22(26)25-18-7-5-6-8-20(18)27-4/h5-13H,1-4H3,(H,23,24)(H,25,26). The summed E-state index contributed by atoms with van der Waals surface area (Å²) in [5, 5.41) is 6.25. The molecule has 0 unspecified atom stereocenters. The van der Waals surface area contributed by atoms with Crippen LogP contribution in [0.3, 0.4) is 0 Å². The molecule has 0 atom stereocenters. The normalized spacial score (nSPS) is 10.4. The van der Waals surface area contributed by atoms with Crippen LogP contribution in [0.4, 0.5) is 17.1 Å².